The number of nitriles is 1. The van der Waals surface area contributed by atoms with E-state index in [1.54, 1.807) is 36.4 Å². The maximum Gasteiger partial charge on any atom is 0.336 e. The number of carbonyl (C=O) groups is 1. The summed E-state index contributed by atoms with van der Waals surface area (Å²) < 4.78 is 5.02. The monoisotopic (exact) mass is 389 g/mol. The minimum atomic E-state index is -1.14. The van der Waals surface area contributed by atoms with Gasteiger partial charge in [0.2, 0.25) is 5.95 Å². The van der Waals surface area contributed by atoms with Crippen molar-refractivity contribution >= 4 is 18.1 Å². The van der Waals surface area contributed by atoms with Gasteiger partial charge in [-0.1, -0.05) is 30.3 Å². The summed E-state index contributed by atoms with van der Waals surface area (Å²) in [5.41, 5.74) is 2.97. The Morgan fingerprint density at radius 3 is 2.72 bits per heavy atom. The number of nitrogens with zero attached hydrogens (tertiary/aromatic N) is 3. The summed E-state index contributed by atoms with van der Waals surface area (Å²) in [6.45, 7) is 0. The summed E-state index contributed by atoms with van der Waals surface area (Å²) in [4.78, 5) is 30.3. The highest BCUT2D eigenvalue weighted by molar-refractivity contribution is 5.99. The van der Waals surface area contributed by atoms with Crippen LogP contribution < -0.4 is 15.7 Å². The number of nitrogens with one attached hydrogen (secondary N) is 2. The smallest absolute Gasteiger partial charge is 0.336 e. The van der Waals surface area contributed by atoms with Crippen molar-refractivity contribution in [1.82, 2.24) is 9.97 Å². The molecule has 0 saturated carbocycles. The zero-order valence-electron chi connectivity index (χ0n) is 15.2. The van der Waals surface area contributed by atoms with Crippen LogP contribution in [0.5, 0.6) is 5.75 Å². The van der Waals surface area contributed by atoms with E-state index in [1.165, 1.54) is 25.5 Å². The average molecular weight is 389 g/mol. The molecule has 0 aliphatic carbocycles. The van der Waals surface area contributed by atoms with Crippen LogP contribution in [0.4, 0.5) is 5.95 Å². The van der Waals surface area contributed by atoms with Gasteiger partial charge < -0.3 is 9.84 Å². The Balaban J connectivity index is 1.92. The molecular weight excluding hydrogens is 374 g/mol. The molecule has 0 saturated heterocycles. The van der Waals surface area contributed by atoms with Gasteiger partial charge in [-0.05, 0) is 18.2 Å². The fourth-order valence-corrected chi connectivity index (χ4v) is 2.56. The highest BCUT2D eigenvalue weighted by Crippen LogP contribution is 2.20. The first-order valence-electron chi connectivity index (χ1n) is 8.33. The minimum Gasteiger partial charge on any atom is -0.497 e. The predicted molar refractivity (Wildman–Crippen MR) is 106 cm³/mol. The molecule has 3 aromatic rings. The van der Waals surface area contributed by atoms with E-state index < -0.39 is 11.5 Å². The third kappa shape index (κ3) is 4.28. The number of benzene rings is 2. The summed E-state index contributed by atoms with van der Waals surface area (Å²) in [5.74, 6) is -0.728. The largest absolute Gasteiger partial charge is 0.497 e. The number of H-pyrrole nitrogens is 1. The van der Waals surface area contributed by atoms with E-state index in [-0.39, 0.29) is 22.8 Å². The second kappa shape index (κ2) is 8.49. The first-order valence-corrected chi connectivity index (χ1v) is 8.33. The van der Waals surface area contributed by atoms with Crippen LogP contribution in [0.15, 0.2) is 58.4 Å². The van der Waals surface area contributed by atoms with Crippen molar-refractivity contribution in [2.45, 2.75) is 0 Å². The van der Waals surface area contributed by atoms with Crippen molar-refractivity contribution in [1.29, 1.82) is 5.26 Å². The average Bonchev–Trinajstić information content (AvgIpc) is 2.74. The molecule has 3 rings (SSSR count). The lowest BCUT2D eigenvalue weighted by molar-refractivity contribution is 0.0696. The molecule has 0 spiro atoms. The molecule has 0 aliphatic rings. The molecule has 9 heteroatoms. The third-order valence-corrected chi connectivity index (χ3v) is 3.94. The van der Waals surface area contributed by atoms with Gasteiger partial charge in [0.1, 0.15) is 17.4 Å². The van der Waals surface area contributed by atoms with Crippen LogP contribution in [-0.2, 0) is 0 Å². The lowest BCUT2D eigenvalue weighted by Crippen LogP contribution is -2.16. The van der Waals surface area contributed by atoms with Crippen molar-refractivity contribution < 1.29 is 14.6 Å². The van der Waals surface area contributed by atoms with Crippen LogP contribution >= 0.6 is 0 Å². The number of aromatic carboxylic acids is 1. The summed E-state index contributed by atoms with van der Waals surface area (Å²) in [6, 6.07) is 15.2. The number of aromatic amines is 1. The molecule has 0 atom stereocenters. The van der Waals surface area contributed by atoms with E-state index in [0.717, 1.165) is 0 Å². The van der Waals surface area contributed by atoms with Crippen LogP contribution in [0.1, 0.15) is 21.5 Å². The Morgan fingerprint density at radius 2 is 2.07 bits per heavy atom. The van der Waals surface area contributed by atoms with E-state index in [9.17, 15) is 20.0 Å². The number of hydrazone groups is 1. The van der Waals surface area contributed by atoms with Crippen LogP contribution in [0.3, 0.4) is 0 Å². The molecular formula is C20H15N5O4. The molecule has 0 unspecified atom stereocenters. The summed E-state index contributed by atoms with van der Waals surface area (Å²) in [5, 5.41) is 22.6. The molecule has 2 aromatic carbocycles. The van der Waals surface area contributed by atoms with E-state index in [1.807, 2.05) is 6.07 Å². The molecule has 0 fully saturated rings. The number of carboxylic acid groups (broad SMARTS) is 1. The second-order valence-electron chi connectivity index (χ2n) is 5.74. The highest BCUT2D eigenvalue weighted by atomic mass is 16.5. The van der Waals surface area contributed by atoms with Gasteiger partial charge in [-0.3, -0.25) is 9.78 Å². The highest BCUT2D eigenvalue weighted by Gasteiger charge is 2.13. The predicted octanol–water partition coefficient (Wildman–Crippen LogP) is 2.46. The lowest BCUT2D eigenvalue weighted by Gasteiger charge is -2.06. The van der Waals surface area contributed by atoms with E-state index in [0.29, 0.717) is 16.9 Å². The number of methoxy groups -OCH3 is 1. The quantitative estimate of drug-likeness (QED) is 0.434. The SMILES string of the molecule is COc1ccc(C=NNc2nc(-c3ccccc3)c(C#N)c(=O)[nH]2)c(C(=O)O)c1. The molecule has 29 heavy (non-hydrogen) atoms. The lowest BCUT2D eigenvalue weighted by atomic mass is 10.1. The normalized spacial score (nSPS) is 10.5. The van der Waals surface area contributed by atoms with Gasteiger partial charge in [-0.15, -0.1) is 0 Å². The fourth-order valence-electron chi connectivity index (χ4n) is 2.56. The van der Waals surface area contributed by atoms with Crippen molar-refractivity contribution in [2.75, 3.05) is 12.5 Å². The fraction of sp³-hybridized carbons (Fsp3) is 0.0500. The number of aromatic nitrogens is 2. The maximum atomic E-state index is 12.2. The Kier molecular flexibility index (Phi) is 5.66. The molecule has 0 bridgehead atoms. The molecule has 0 radical (unpaired) electrons. The molecule has 0 aliphatic heterocycles. The Bertz CT molecular complexity index is 1180. The van der Waals surface area contributed by atoms with Gasteiger partial charge in [0, 0.05) is 11.1 Å². The summed E-state index contributed by atoms with van der Waals surface area (Å²) >= 11 is 0. The second-order valence-corrected chi connectivity index (χ2v) is 5.74. The maximum absolute atomic E-state index is 12.2. The van der Waals surface area contributed by atoms with E-state index >= 15 is 0 Å². The van der Waals surface area contributed by atoms with Gasteiger partial charge in [-0.2, -0.15) is 10.4 Å². The Labute approximate surface area is 164 Å². The number of carboxylic acids is 1. The van der Waals surface area contributed by atoms with Crippen LogP contribution in [0, 0.1) is 11.3 Å². The van der Waals surface area contributed by atoms with Crippen molar-refractivity contribution in [3.63, 3.8) is 0 Å². The Hall–Kier alpha value is -4.45. The first-order chi connectivity index (χ1) is 14.0. The van der Waals surface area contributed by atoms with E-state index in [4.69, 9.17) is 4.74 Å². The van der Waals surface area contributed by atoms with Gasteiger partial charge in [-0.25, -0.2) is 15.2 Å². The van der Waals surface area contributed by atoms with Crippen molar-refractivity contribution in [2.24, 2.45) is 5.10 Å². The number of hydrogen-bond donors (Lipinski definition) is 3. The molecule has 1 heterocycles. The topological polar surface area (TPSA) is 140 Å². The third-order valence-electron chi connectivity index (χ3n) is 3.94. The van der Waals surface area contributed by atoms with Crippen molar-refractivity contribution in [3.8, 4) is 23.1 Å². The zero-order chi connectivity index (χ0) is 20.8. The van der Waals surface area contributed by atoms with E-state index in [2.05, 4.69) is 20.5 Å². The van der Waals surface area contributed by atoms with Gasteiger partial charge in [0.25, 0.3) is 5.56 Å². The van der Waals surface area contributed by atoms with Gasteiger partial charge in [0.05, 0.1) is 24.6 Å². The molecule has 9 nitrogen and oxygen atoms in total. The zero-order valence-corrected chi connectivity index (χ0v) is 15.2. The minimum absolute atomic E-state index is 0.00107. The molecule has 0 amide bonds. The van der Waals surface area contributed by atoms with Gasteiger partial charge >= 0.3 is 5.97 Å². The van der Waals surface area contributed by atoms with Crippen LogP contribution in [0.2, 0.25) is 0 Å². The Morgan fingerprint density at radius 1 is 1.31 bits per heavy atom. The summed E-state index contributed by atoms with van der Waals surface area (Å²) in [7, 11) is 1.44. The van der Waals surface area contributed by atoms with Crippen LogP contribution in [0.25, 0.3) is 11.3 Å². The number of ether oxygens (including phenoxy) is 1. The van der Waals surface area contributed by atoms with Crippen molar-refractivity contribution in [3.05, 3.63) is 75.6 Å². The first kappa shape index (κ1) is 19.3. The number of anilines is 1. The molecule has 144 valence electrons. The number of rotatable bonds is 6. The van der Waals surface area contributed by atoms with Crippen LogP contribution in [-0.4, -0.2) is 34.4 Å². The number of hydrogen-bond acceptors (Lipinski definition) is 7. The summed E-state index contributed by atoms with van der Waals surface area (Å²) in [6.07, 6.45) is 1.28. The standard InChI is InChI=1S/C20H15N5O4/c1-29-14-8-7-13(15(9-14)19(27)28)11-22-25-20-23-17(12-5-3-2-4-6-12)16(10-21)18(26)24-20/h2-9,11H,1H3,(H,27,28)(H2,23,24,25,26). The molecule has 3 N–H and O–H groups in total. The molecule has 1 aromatic heterocycles. The van der Waals surface area contributed by atoms with Gasteiger partial charge in [0.15, 0.2) is 0 Å².